The largest absolute Gasteiger partial charge is 0.322 e. The van der Waals surface area contributed by atoms with Crippen LogP contribution in [0.25, 0.3) is 5.65 Å². The quantitative estimate of drug-likeness (QED) is 0.804. The number of anilines is 1. The van der Waals surface area contributed by atoms with Gasteiger partial charge in [-0.15, -0.1) is 0 Å². The minimum absolute atomic E-state index is 0.0195. The second-order valence-corrected chi connectivity index (χ2v) is 6.14. The Kier molecular flexibility index (Phi) is 4.16. The number of amides is 1. The van der Waals surface area contributed by atoms with Crippen LogP contribution < -0.4 is 10.9 Å². The number of hydrogen-bond donors (Lipinski definition) is 1. The summed E-state index contributed by atoms with van der Waals surface area (Å²) in [6.07, 6.45) is 3.00. The molecule has 2 heterocycles. The van der Waals surface area contributed by atoms with E-state index in [1.54, 1.807) is 12.3 Å². The Morgan fingerprint density at radius 1 is 1.12 bits per heavy atom. The van der Waals surface area contributed by atoms with E-state index < -0.39 is 5.91 Å². The maximum atomic E-state index is 12.5. The molecule has 5 heteroatoms. The summed E-state index contributed by atoms with van der Waals surface area (Å²) in [4.78, 5) is 29.1. The van der Waals surface area contributed by atoms with Gasteiger partial charge in [0.15, 0.2) is 0 Å². The molecule has 0 unspecified atom stereocenters. The highest BCUT2D eigenvalue weighted by atomic mass is 16.2. The molecule has 5 nitrogen and oxygen atoms in total. The molecule has 1 aromatic carbocycles. The van der Waals surface area contributed by atoms with Crippen LogP contribution in [0.3, 0.4) is 0 Å². The number of fused-ring (bicyclic) bond motifs is 1. The van der Waals surface area contributed by atoms with E-state index >= 15 is 0 Å². The minimum Gasteiger partial charge on any atom is -0.322 e. The topological polar surface area (TPSA) is 63.5 Å². The van der Waals surface area contributed by atoms with Gasteiger partial charge in [0.1, 0.15) is 11.2 Å². The number of benzene rings is 1. The van der Waals surface area contributed by atoms with Crippen molar-refractivity contribution in [1.82, 2.24) is 9.38 Å². The summed E-state index contributed by atoms with van der Waals surface area (Å²) in [5.41, 5.74) is 2.93. The molecule has 0 fully saturated rings. The minimum atomic E-state index is -0.458. The Morgan fingerprint density at radius 3 is 2.50 bits per heavy atom. The molecule has 3 aromatic rings. The van der Waals surface area contributed by atoms with E-state index in [-0.39, 0.29) is 11.1 Å². The average Bonchev–Trinajstić information content (AvgIpc) is 2.56. The van der Waals surface area contributed by atoms with Crippen LogP contribution in [0, 0.1) is 6.92 Å². The Bertz CT molecular complexity index is 957. The van der Waals surface area contributed by atoms with Crippen molar-refractivity contribution in [1.29, 1.82) is 0 Å². The van der Waals surface area contributed by atoms with Crippen molar-refractivity contribution in [3.63, 3.8) is 0 Å². The number of aromatic nitrogens is 2. The zero-order chi connectivity index (χ0) is 17.3. The smallest absolute Gasteiger partial charge is 0.270 e. The third-order valence-corrected chi connectivity index (χ3v) is 3.93. The SMILES string of the molecule is Cc1ccc2ncc(C(=O)Nc3ccc(C(C)C)cc3)c(=O)n2c1. The van der Waals surface area contributed by atoms with Crippen molar-refractivity contribution in [3.8, 4) is 0 Å². The highest BCUT2D eigenvalue weighted by Gasteiger charge is 2.13. The Hall–Kier alpha value is -2.95. The Morgan fingerprint density at radius 2 is 1.83 bits per heavy atom. The second-order valence-electron chi connectivity index (χ2n) is 6.14. The third kappa shape index (κ3) is 3.06. The Labute approximate surface area is 140 Å². The number of nitrogens with zero attached hydrogens (tertiary/aromatic N) is 2. The van der Waals surface area contributed by atoms with Gasteiger partial charge in [0.2, 0.25) is 0 Å². The van der Waals surface area contributed by atoms with Crippen molar-refractivity contribution in [2.45, 2.75) is 26.7 Å². The first-order valence-corrected chi connectivity index (χ1v) is 7.85. The van der Waals surface area contributed by atoms with Crippen molar-refractivity contribution < 1.29 is 4.79 Å². The number of pyridine rings is 1. The molecule has 0 saturated carbocycles. The predicted molar refractivity (Wildman–Crippen MR) is 94.7 cm³/mol. The molecule has 0 aliphatic carbocycles. The summed E-state index contributed by atoms with van der Waals surface area (Å²) in [6, 6.07) is 11.2. The highest BCUT2D eigenvalue weighted by molar-refractivity contribution is 6.03. The lowest BCUT2D eigenvalue weighted by atomic mass is 10.0. The standard InChI is InChI=1S/C19H19N3O2/c1-12(2)14-5-7-15(8-6-14)21-18(23)16-10-20-17-9-4-13(3)11-22(17)19(16)24/h4-12H,1-3H3,(H,21,23). The average molecular weight is 321 g/mol. The van der Waals surface area contributed by atoms with E-state index in [2.05, 4.69) is 24.1 Å². The van der Waals surface area contributed by atoms with Crippen LogP contribution in [0.1, 0.15) is 41.3 Å². The molecule has 0 aliphatic rings. The van der Waals surface area contributed by atoms with E-state index in [0.717, 1.165) is 5.56 Å². The van der Waals surface area contributed by atoms with Gasteiger partial charge in [-0.05, 0) is 42.2 Å². The number of aryl methyl sites for hydroxylation is 1. The molecule has 0 spiro atoms. The molecule has 1 amide bonds. The third-order valence-electron chi connectivity index (χ3n) is 3.93. The van der Waals surface area contributed by atoms with Crippen LogP contribution in [0.5, 0.6) is 0 Å². The molecule has 3 rings (SSSR count). The van der Waals surface area contributed by atoms with Gasteiger partial charge in [0.25, 0.3) is 11.5 Å². The molecule has 0 bridgehead atoms. The van der Waals surface area contributed by atoms with Crippen molar-refractivity contribution in [3.05, 3.63) is 75.8 Å². The molecule has 1 N–H and O–H groups in total. The highest BCUT2D eigenvalue weighted by Crippen LogP contribution is 2.17. The number of nitrogens with one attached hydrogen (secondary N) is 1. The van der Waals surface area contributed by atoms with Crippen LogP contribution in [0.15, 0.2) is 53.6 Å². The van der Waals surface area contributed by atoms with Gasteiger partial charge in [-0.25, -0.2) is 4.98 Å². The van der Waals surface area contributed by atoms with E-state index in [4.69, 9.17) is 0 Å². The predicted octanol–water partition coefficient (Wildman–Crippen LogP) is 3.38. The van der Waals surface area contributed by atoms with E-state index in [1.165, 1.54) is 16.2 Å². The van der Waals surface area contributed by atoms with Gasteiger partial charge in [-0.2, -0.15) is 0 Å². The van der Waals surface area contributed by atoms with Gasteiger partial charge >= 0.3 is 0 Å². The van der Waals surface area contributed by atoms with Gasteiger partial charge in [0, 0.05) is 18.1 Å². The van der Waals surface area contributed by atoms with Crippen LogP contribution in [0.2, 0.25) is 0 Å². The molecule has 2 aromatic heterocycles. The van der Waals surface area contributed by atoms with Crippen LogP contribution in [-0.4, -0.2) is 15.3 Å². The normalized spacial score (nSPS) is 11.0. The molecular formula is C19H19N3O2. The lowest BCUT2D eigenvalue weighted by molar-refractivity contribution is 0.102. The monoisotopic (exact) mass is 321 g/mol. The summed E-state index contributed by atoms with van der Waals surface area (Å²) < 4.78 is 1.39. The molecule has 122 valence electrons. The maximum Gasteiger partial charge on any atom is 0.270 e. The zero-order valence-corrected chi connectivity index (χ0v) is 13.9. The molecule has 0 saturated heterocycles. The fourth-order valence-electron chi connectivity index (χ4n) is 2.49. The molecule has 24 heavy (non-hydrogen) atoms. The second kappa shape index (κ2) is 6.28. The summed E-state index contributed by atoms with van der Waals surface area (Å²) >= 11 is 0. The first-order chi connectivity index (χ1) is 11.5. The lowest BCUT2D eigenvalue weighted by Gasteiger charge is -2.09. The number of rotatable bonds is 3. The maximum absolute atomic E-state index is 12.5. The van der Waals surface area contributed by atoms with Crippen molar-refractivity contribution in [2.75, 3.05) is 5.32 Å². The molecular weight excluding hydrogens is 302 g/mol. The molecule has 0 atom stereocenters. The van der Waals surface area contributed by atoms with Crippen molar-refractivity contribution >= 4 is 17.2 Å². The van der Waals surface area contributed by atoms with Gasteiger partial charge in [-0.1, -0.05) is 32.0 Å². The number of carbonyl (C=O) groups is 1. The summed E-state index contributed by atoms with van der Waals surface area (Å²) in [5, 5.41) is 2.75. The first kappa shape index (κ1) is 15.9. The number of carbonyl (C=O) groups excluding carboxylic acids is 1. The fourth-order valence-corrected chi connectivity index (χ4v) is 2.49. The summed E-state index contributed by atoms with van der Waals surface area (Å²) in [6.45, 7) is 6.10. The van der Waals surface area contributed by atoms with Crippen LogP contribution in [0.4, 0.5) is 5.69 Å². The van der Waals surface area contributed by atoms with Crippen LogP contribution >= 0.6 is 0 Å². The van der Waals surface area contributed by atoms with E-state index in [9.17, 15) is 9.59 Å². The summed E-state index contributed by atoms with van der Waals surface area (Å²) in [5.74, 6) is -0.0342. The van der Waals surface area contributed by atoms with Gasteiger partial charge in [-0.3, -0.25) is 14.0 Å². The van der Waals surface area contributed by atoms with E-state index in [0.29, 0.717) is 17.3 Å². The van der Waals surface area contributed by atoms with Crippen molar-refractivity contribution in [2.24, 2.45) is 0 Å². The first-order valence-electron chi connectivity index (χ1n) is 7.85. The Balaban J connectivity index is 1.91. The fraction of sp³-hybridized carbons (Fsp3) is 0.211. The van der Waals surface area contributed by atoms with Gasteiger partial charge < -0.3 is 5.32 Å². The zero-order valence-electron chi connectivity index (χ0n) is 13.9. The van der Waals surface area contributed by atoms with E-state index in [1.807, 2.05) is 37.3 Å². The lowest BCUT2D eigenvalue weighted by Crippen LogP contribution is -2.26. The summed E-state index contributed by atoms with van der Waals surface area (Å²) in [7, 11) is 0. The van der Waals surface area contributed by atoms with Gasteiger partial charge in [0.05, 0.1) is 0 Å². The number of hydrogen-bond acceptors (Lipinski definition) is 3. The molecule has 0 aliphatic heterocycles. The van der Waals surface area contributed by atoms with Crippen LogP contribution in [-0.2, 0) is 0 Å². The molecule has 0 radical (unpaired) electrons.